The Kier molecular flexibility index (Phi) is 67.7. The molecule has 0 aliphatic rings. The molecule has 0 bridgehead atoms. The van der Waals surface area contributed by atoms with Crippen LogP contribution in [0.25, 0.3) is 0 Å². The molecule has 0 fully saturated rings. The van der Waals surface area contributed by atoms with Gasteiger partial charge in [-0.3, -0.25) is 14.4 Å². The van der Waals surface area contributed by atoms with E-state index in [2.05, 4.69) is 118 Å². The number of hydrogen-bond acceptors (Lipinski definition) is 6. The van der Waals surface area contributed by atoms with Crippen LogP contribution in [0.1, 0.15) is 355 Å². The van der Waals surface area contributed by atoms with Crippen molar-refractivity contribution in [2.45, 2.75) is 361 Å². The first-order chi connectivity index (χ1) is 41.0. The minimum absolute atomic E-state index is 0.0820. The van der Waals surface area contributed by atoms with E-state index in [4.69, 9.17) is 14.2 Å². The van der Waals surface area contributed by atoms with Crippen molar-refractivity contribution in [2.75, 3.05) is 13.2 Å². The highest BCUT2D eigenvalue weighted by Gasteiger charge is 2.19. The van der Waals surface area contributed by atoms with Gasteiger partial charge in [0.1, 0.15) is 13.2 Å². The molecule has 0 heterocycles. The van der Waals surface area contributed by atoms with Gasteiger partial charge in [-0.2, -0.15) is 0 Å². The molecule has 1 atom stereocenters. The summed E-state index contributed by atoms with van der Waals surface area (Å²) in [4.78, 5) is 38.4. The highest BCUT2D eigenvalue weighted by Crippen LogP contribution is 2.18. The number of rotatable bonds is 65. The Morgan fingerprint density at radius 2 is 0.470 bits per heavy atom. The molecule has 0 saturated heterocycles. The molecule has 0 rings (SSSR count). The quantitative estimate of drug-likeness (QED) is 0.0261. The van der Waals surface area contributed by atoms with Crippen molar-refractivity contribution in [3.63, 3.8) is 0 Å². The molecule has 0 aromatic carbocycles. The molecule has 0 amide bonds. The molecule has 6 nitrogen and oxygen atoms in total. The second-order valence-corrected chi connectivity index (χ2v) is 23.7. The number of esters is 3. The lowest BCUT2D eigenvalue weighted by atomic mass is 10.0. The van der Waals surface area contributed by atoms with Crippen LogP contribution in [0.5, 0.6) is 0 Å². The molecular weight excluding hydrogens is 1020 g/mol. The molecule has 0 aliphatic carbocycles. The van der Waals surface area contributed by atoms with E-state index in [9.17, 15) is 14.4 Å². The molecule has 0 aromatic rings. The maximum atomic E-state index is 12.9. The maximum absolute atomic E-state index is 12.9. The lowest BCUT2D eigenvalue weighted by Crippen LogP contribution is -2.30. The molecule has 0 radical (unpaired) electrons. The van der Waals surface area contributed by atoms with E-state index in [1.807, 2.05) is 0 Å². The number of allylic oxidation sites excluding steroid dienone is 16. The number of hydrogen-bond donors (Lipinski definition) is 0. The summed E-state index contributed by atoms with van der Waals surface area (Å²) in [6.07, 6.45) is 95.9. The Bertz CT molecular complexity index is 1610. The Labute approximate surface area is 515 Å². The van der Waals surface area contributed by atoms with E-state index in [-0.39, 0.29) is 31.1 Å². The summed E-state index contributed by atoms with van der Waals surface area (Å²) in [6, 6.07) is 0. The fourth-order valence-corrected chi connectivity index (χ4v) is 10.3. The topological polar surface area (TPSA) is 78.9 Å². The van der Waals surface area contributed by atoms with Crippen LogP contribution in [0.15, 0.2) is 97.2 Å². The zero-order valence-electron chi connectivity index (χ0n) is 54.9. The van der Waals surface area contributed by atoms with Gasteiger partial charge < -0.3 is 14.2 Å². The maximum Gasteiger partial charge on any atom is 0.306 e. The zero-order valence-corrected chi connectivity index (χ0v) is 54.9. The monoisotopic (exact) mass is 1160 g/mol. The van der Waals surface area contributed by atoms with Gasteiger partial charge in [0.05, 0.1) is 0 Å². The van der Waals surface area contributed by atoms with Gasteiger partial charge in [0, 0.05) is 19.3 Å². The van der Waals surface area contributed by atoms with Crippen molar-refractivity contribution in [1.82, 2.24) is 0 Å². The molecule has 0 saturated carbocycles. The molecule has 478 valence electrons. The van der Waals surface area contributed by atoms with Crippen molar-refractivity contribution in [3.05, 3.63) is 97.2 Å². The van der Waals surface area contributed by atoms with E-state index in [0.29, 0.717) is 19.3 Å². The van der Waals surface area contributed by atoms with Crippen molar-refractivity contribution >= 4 is 17.9 Å². The standard InChI is InChI=1S/C77H134O6/c1-4-7-10-13-16-19-22-25-28-30-31-32-33-34-35-36-37-38-39-40-41-42-43-44-45-47-49-52-55-58-61-64-67-70-76(79)82-73-74(72-81-75(78)69-66-63-60-57-54-51-48-27-24-21-18-15-12-9-6-3)83-77(80)71-68-65-62-59-56-53-50-46-29-26-23-20-17-14-11-8-5-2/h7-8,10-11,16-17,19-20,25-26,28-29,31-32,50,53,74H,4-6,9,12-15,18,21-24,27,30,33-49,51-52,54-73H2,1-3H3/b10-7-,11-8-,19-16-,20-17-,28-25-,29-26-,32-31-,53-50-. The summed E-state index contributed by atoms with van der Waals surface area (Å²) >= 11 is 0. The summed E-state index contributed by atoms with van der Waals surface area (Å²) in [5.74, 6) is -0.886. The van der Waals surface area contributed by atoms with Gasteiger partial charge in [0.2, 0.25) is 0 Å². The van der Waals surface area contributed by atoms with Crippen molar-refractivity contribution in [1.29, 1.82) is 0 Å². The van der Waals surface area contributed by atoms with Crippen LogP contribution in [0.3, 0.4) is 0 Å². The molecule has 1 unspecified atom stereocenters. The Balaban J connectivity index is 4.19. The summed E-state index contributed by atoms with van der Waals surface area (Å²) in [5.41, 5.74) is 0. The first-order valence-electron chi connectivity index (χ1n) is 35.7. The van der Waals surface area contributed by atoms with Gasteiger partial charge in [-0.15, -0.1) is 0 Å². The zero-order chi connectivity index (χ0) is 59.9. The molecule has 0 N–H and O–H groups in total. The van der Waals surface area contributed by atoms with Gasteiger partial charge in [-0.1, -0.05) is 336 Å². The Hall–Kier alpha value is -3.67. The Morgan fingerprint density at radius 1 is 0.253 bits per heavy atom. The normalized spacial score (nSPS) is 12.7. The Morgan fingerprint density at radius 3 is 0.735 bits per heavy atom. The van der Waals surface area contributed by atoms with E-state index >= 15 is 0 Å². The number of carbonyl (C=O) groups is 3. The fourth-order valence-electron chi connectivity index (χ4n) is 10.3. The van der Waals surface area contributed by atoms with E-state index in [0.717, 1.165) is 122 Å². The largest absolute Gasteiger partial charge is 0.462 e. The highest BCUT2D eigenvalue weighted by molar-refractivity contribution is 5.71. The van der Waals surface area contributed by atoms with Gasteiger partial charge in [0.15, 0.2) is 6.10 Å². The second kappa shape index (κ2) is 70.8. The van der Waals surface area contributed by atoms with Crippen LogP contribution in [-0.2, 0) is 28.6 Å². The average molecular weight is 1160 g/mol. The second-order valence-electron chi connectivity index (χ2n) is 23.7. The summed E-state index contributed by atoms with van der Waals surface area (Å²) < 4.78 is 17.0. The minimum atomic E-state index is -0.789. The van der Waals surface area contributed by atoms with Crippen LogP contribution in [0, 0.1) is 0 Å². The van der Waals surface area contributed by atoms with Gasteiger partial charge in [0.25, 0.3) is 0 Å². The third kappa shape index (κ3) is 69.0. The summed E-state index contributed by atoms with van der Waals surface area (Å²) in [6.45, 7) is 6.44. The summed E-state index contributed by atoms with van der Waals surface area (Å²) in [7, 11) is 0. The molecule has 0 spiro atoms. The predicted molar refractivity (Wildman–Crippen MR) is 362 cm³/mol. The van der Waals surface area contributed by atoms with Crippen LogP contribution in [0.4, 0.5) is 0 Å². The van der Waals surface area contributed by atoms with Crippen molar-refractivity contribution in [3.8, 4) is 0 Å². The molecule has 6 heteroatoms. The number of unbranched alkanes of at least 4 members (excludes halogenated alkanes) is 38. The van der Waals surface area contributed by atoms with E-state index in [1.165, 1.54) is 193 Å². The van der Waals surface area contributed by atoms with Crippen LogP contribution >= 0.6 is 0 Å². The summed E-state index contributed by atoms with van der Waals surface area (Å²) in [5, 5.41) is 0. The third-order valence-corrected chi connectivity index (χ3v) is 15.6. The first kappa shape index (κ1) is 79.3. The predicted octanol–water partition coefficient (Wildman–Crippen LogP) is 24.8. The van der Waals surface area contributed by atoms with E-state index in [1.54, 1.807) is 0 Å². The fraction of sp³-hybridized carbons (Fsp3) is 0.753. The van der Waals surface area contributed by atoms with Crippen LogP contribution in [0.2, 0.25) is 0 Å². The first-order valence-corrected chi connectivity index (χ1v) is 35.7. The van der Waals surface area contributed by atoms with Crippen LogP contribution < -0.4 is 0 Å². The lowest BCUT2D eigenvalue weighted by molar-refractivity contribution is -0.167. The number of ether oxygens (including phenoxy) is 3. The SMILES string of the molecule is CC/C=C\C/C=C\C/C=C\C/C=C\CCCCCCCCCCCCCCCCCCCCCCC(=O)OCC(COC(=O)CCCCCCCCCCCCCCCCC)OC(=O)CCCCCC/C=C\C/C=C\C/C=C\C/C=C\CC. The van der Waals surface area contributed by atoms with Gasteiger partial charge in [-0.25, -0.2) is 0 Å². The number of carbonyl (C=O) groups excluding carboxylic acids is 3. The lowest BCUT2D eigenvalue weighted by Gasteiger charge is -2.18. The third-order valence-electron chi connectivity index (χ3n) is 15.6. The van der Waals surface area contributed by atoms with Crippen molar-refractivity contribution in [2.24, 2.45) is 0 Å². The molecule has 0 aromatic heterocycles. The smallest absolute Gasteiger partial charge is 0.306 e. The molecule has 0 aliphatic heterocycles. The molecular formula is C77H134O6. The highest BCUT2D eigenvalue weighted by atomic mass is 16.6. The van der Waals surface area contributed by atoms with Crippen molar-refractivity contribution < 1.29 is 28.6 Å². The van der Waals surface area contributed by atoms with E-state index < -0.39 is 6.10 Å². The minimum Gasteiger partial charge on any atom is -0.462 e. The van der Waals surface area contributed by atoms with Gasteiger partial charge >= 0.3 is 17.9 Å². The van der Waals surface area contributed by atoms with Gasteiger partial charge in [-0.05, 0) is 96.3 Å². The average Bonchev–Trinajstić information content (AvgIpc) is 3.49. The molecule has 83 heavy (non-hydrogen) atoms. The van der Waals surface area contributed by atoms with Crippen LogP contribution in [-0.4, -0.2) is 37.2 Å².